The van der Waals surface area contributed by atoms with Crippen molar-refractivity contribution in [3.63, 3.8) is 0 Å². The van der Waals surface area contributed by atoms with Crippen molar-refractivity contribution < 1.29 is 14.3 Å². The molecule has 1 N–H and O–H groups in total. The zero-order valence-corrected chi connectivity index (χ0v) is 17.4. The van der Waals surface area contributed by atoms with Crippen molar-refractivity contribution in [3.05, 3.63) is 51.8 Å². The number of ether oxygens (including phenoxy) is 1. The molecule has 1 aromatic heterocycles. The van der Waals surface area contributed by atoms with Crippen LogP contribution in [0, 0.1) is 20.8 Å². The van der Waals surface area contributed by atoms with Gasteiger partial charge in [-0.2, -0.15) is 0 Å². The lowest BCUT2D eigenvalue weighted by Crippen LogP contribution is -2.49. The highest BCUT2D eigenvalue weighted by Crippen LogP contribution is 2.25. The molecule has 0 unspecified atom stereocenters. The van der Waals surface area contributed by atoms with Gasteiger partial charge >= 0.3 is 5.97 Å². The van der Waals surface area contributed by atoms with Crippen LogP contribution < -0.4 is 4.90 Å². The molecule has 1 aliphatic heterocycles. The molecule has 1 fully saturated rings. The highest BCUT2D eigenvalue weighted by molar-refractivity contribution is 6.00. The van der Waals surface area contributed by atoms with E-state index < -0.39 is 5.97 Å². The number of esters is 1. The number of piperazine rings is 1. The monoisotopic (exact) mass is 383 g/mol. The van der Waals surface area contributed by atoms with Crippen LogP contribution in [0.2, 0.25) is 0 Å². The number of nitrogens with one attached hydrogen (secondary N) is 1. The first-order valence-electron chi connectivity index (χ1n) is 9.79. The second-order valence-corrected chi connectivity index (χ2v) is 7.32. The smallest absolute Gasteiger partial charge is 0.339 e. The number of benzene rings is 1. The number of amides is 1. The summed E-state index contributed by atoms with van der Waals surface area (Å²) in [6.07, 6.45) is 0.638. The topological polar surface area (TPSA) is 65.6 Å². The van der Waals surface area contributed by atoms with Gasteiger partial charge in [-0.3, -0.25) is 4.79 Å². The minimum Gasteiger partial charge on any atom is -0.465 e. The summed E-state index contributed by atoms with van der Waals surface area (Å²) < 4.78 is 4.89. The number of rotatable bonds is 4. The fourth-order valence-electron chi connectivity index (χ4n) is 3.90. The molecule has 2 aromatic rings. The van der Waals surface area contributed by atoms with Gasteiger partial charge in [0.1, 0.15) is 5.69 Å². The quantitative estimate of drug-likeness (QED) is 0.823. The Hall–Kier alpha value is -2.76. The number of H-pyrrole nitrogens is 1. The van der Waals surface area contributed by atoms with Crippen LogP contribution in [0.1, 0.15) is 50.2 Å². The van der Waals surface area contributed by atoms with E-state index in [1.165, 1.54) is 23.9 Å². The van der Waals surface area contributed by atoms with Crippen LogP contribution >= 0.6 is 0 Å². The Kier molecular flexibility index (Phi) is 5.77. The Morgan fingerprint density at radius 2 is 1.75 bits per heavy atom. The van der Waals surface area contributed by atoms with Gasteiger partial charge in [-0.25, -0.2) is 4.79 Å². The van der Waals surface area contributed by atoms with Crippen LogP contribution in [0.5, 0.6) is 0 Å². The molecule has 28 heavy (non-hydrogen) atoms. The molecule has 0 saturated carbocycles. The third-order valence-corrected chi connectivity index (χ3v) is 5.77. The Morgan fingerprint density at radius 1 is 1.07 bits per heavy atom. The minimum absolute atomic E-state index is 0.0528. The summed E-state index contributed by atoms with van der Waals surface area (Å²) in [6, 6.07) is 6.35. The van der Waals surface area contributed by atoms with Crippen molar-refractivity contribution in [1.29, 1.82) is 0 Å². The van der Waals surface area contributed by atoms with Crippen LogP contribution in [-0.4, -0.2) is 55.0 Å². The minimum atomic E-state index is -0.399. The number of anilines is 1. The molecule has 6 heteroatoms. The number of aromatic nitrogens is 1. The highest BCUT2D eigenvalue weighted by Gasteiger charge is 2.28. The molecule has 1 aromatic carbocycles. The molecule has 3 rings (SSSR count). The molecule has 0 spiro atoms. The molecule has 2 heterocycles. The van der Waals surface area contributed by atoms with Crippen molar-refractivity contribution in [2.75, 3.05) is 38.2 Å². The van der Waals surface area contributed by atoms with E-state index >= 15 is 0 Å². The summed E-state index contributed by atoms with van der Waals surface area (Å²) in [5, 5.41) is 0. The summed E-state index contributed by atoms with van der Waals surface area (Å²) in [4.78, 5) is 32.6. The van der Waals surface area contributed by atoms with Gasteiger partial charge in [-0.05, 0) is 49.9 Å². The fourth-order valence-corrected chi connectivity index (χ4v) is 3.90. The van der Waals surface area contributed by atoms with Crippen molar-refractivity contribution >= 4 is 17.6 Å². The summed E-state index contributed by atoms with van der Waals surface area (Å²) in [6.45, 7) is 10.9. The van der Waals surface area contributed by atoms with Gasteiger partial charge in [0.2, 0.25) is 0 Å². The van der Waals surface area contributed by atoms with E-state index in [1.54, 1.807) is 0 Å². The number of methoxy groups -OCH3 is 1. The molecule has 1 amide bonds. The third-order valence-electron chi connectivity index (χ3n) is 5.77. The van der Waals surface area contributed by atoms with Crippen molar-refractivity contribution in [2.24, 2.45) is 0 Å². The molecular weight excluding hydrogens is 354 g/mol. The van der Waals surface area contributed by atoms with Crippen LogP contribution in [0.3, 0.4) is 0 Å². The molecule has 6 nitrogen and oxygen atoms in total. The first-order chi connectivity index (χ1) is 13.4. The fraction of sp³-hybridized carbons (Fsp3) is 0.455. The van der Waals surface area contributed by atoms with Gasteiger partial charge in [0, 0.05) is 37.6 Å². The van der Waals surface area contributed by atoms with E-state index in [9.17, 15) is 9.59 Å². The average molecular weight is 383 g/mol. The largest absolute Gasteiger partial charge is 0.465 e. The molecule has 0 bridgehead atoms. The van der Waals surface area contributed by atoms with Crippen LogP contribution in [-0.2, 0) is 11.2 Å². The van der Waals surface area contributed by atoms with Crippen molar-refractivity contribution in [1.82, 2.24) is 9.88 Å². The molecule has 1 saturated heterocycles. The van der Waals surface area contributed by atoms with Crippen LogP contribution in [0.15, 0.2) is 18.2 Å². The standard InChI is InChI=1S/C22H29N3O3/c1-6-17-19(22(27)28-5)16(4)20(23-17)21(26)25-12-10-24(11-13-25)18-9-7-8-14(2)15(18)3/h7-9,23H,6,10-13H2,1-5H3. The number of aromatic amines is 1. The van der Waals surface area contributed by atoms with E-state index in [2.05, 4.69) is 41.9 Å². The zero-order valence-electron chi connectivity index (χ0n) is 17.4. The number of hydrogen-bond donors (Lipinski definition) is 1. The van der Waals surface area contributed by atoms with Gasteiger partial charge in [0.25, 0.3) is 5.91 Å². The molecule has 1 aliphatic rings. The number of hydrogen-bond acceptors (Lipinski definition) is 4. The predicted molar refractivity (Wildman–Crippen MR) is 110 cm³/mol. The van der Waals surface area contributed by atoms with Crippen molar-refractivity contribution in [3.8, 4) is 0 Å². The molecular formula is C22H29N3O3. The summed E-state index contributed by atoms with van der Waals surface area (Å²) in [5.74, 6) is -0.452. The maximum Gasteiger partial charge on any atom is 0.339 e. The Morgan fingerprint density at radius 3 is 2.36 bits per heavy atom. The highest BCUT2D eigenvalue weighted by atomic mass is 16.5. The average Bonchev–Trinajstić information content (AvgIpc) is 3.05. The number of carbonyl (C=O) groups excluding carboxylic acids is 2. The van der Waals surface area contributed by atoms with Gasteiger partial charge in [0.05, 0.1) is 12.7 Å². The Bertz CT molecular complexity index is 893. The second-order valence-electron chi connectivity index (χ2n) is 7.32. The summed E-state index contributed by atoms with van der Waals surface area (Å²) in [7, 11) is 1.36. The van der Waals surface area contributed by atoms with Crippen molar-refractivity contribution in [2.45, 2.75) is 34.1 Å². The van der Waals surface area contributed by atoms with Gasteiger partial charge < -0.3 is 19.5 Å². The normalized spacial score (nSPS) is 14.3. The number of aryl methyl sites for hydroxylation is 2. The SMILES string of the molecule is CCc1[nH]c(C(=O)N2CCN(c3cccc(C)c3C)CC2)c(C)c1C(=O)OC. The van der Waals surface area contributed by atoms with E-state index in [-0.39, 0.29) is 5.91 Å². The lowest BCUT2D eigenvalue weighted by atomic mass is 10.1. The van der Waals surface area contributed by atoms with E-state index in [0.29, 0.717) is 36.3 Å². The maximum atomic E-state index is 13.1. The van der Waals surface area contributed by atoms with E-state index in [1.807, 2.05) is 18.7 Å². The second kappa shape index (κ2) is 8.09. The Labute approximate surface area is 166 Å². The first kappa shape index (κ1) is 20.0. The lowest BCUT2D eigenvalue weighted by Gasteiger charge is -2.37. The van der Waals surface area contributed by atoms with Crippen LogP contribution in [0.4, 0.5) is 5.69 Å². The summed E-state index contributed by atoms with van der Waals surface area (Å²) in [5.41, 5.74) is 6.22. The summed E-state index contributed by atoms with van der Waals surface area (Å²) >= 11 is 0. The van der Waals surface area contributed by atoms with Gasteiger partial charge in [0.15, 0.2) is 0 Å². The number of nitrogens with zero attached hydrogens (tertiary/aromatic N) is 2. The van der Waals surface area contributed by atoms with E-state index in [4.69, 9.17) is 4.74 Å². The maximum absolute atomic E-state index is 13.1. The predicted octanol–water partition coefficient (Wildman–Crippen LogP) is 3.25. The van der Waals surface area contributed by atoms with Crippen LogP contribution in [0.25, 0.3) is 0 Å². The number of carbonyl (C=O) groups is 2. The molecule has 150 valence electrons. The van der Waals surface area contributed by atoms with Gasteiger partial charge in [-0.1, -0.05) is 19.1 Å². The molecule has 0 aliphatic carbocycles. The zero-order chi connectivity index (χ0) is 20.4. The lowest BCUT2D eigenvalue weighted by molar-refractivity contribution is 0.0599. The molecule has 0 radical (unpaired) electrons. The van der Waals surface area contributed by atoms with Gasteiger partial charge in [-0.15, -0.1) is 0 Å². The first-order valence-corrected chi connectivity index (χ1v) is 9.79. The molecule has 0 atom stereocenters. The third kappa shape index (κ3) is 3.51. The van der Waals surface area contributed by atoms with E-state index in [0.717, 1.165) is 18.8 Å². The Balaban J connectivity index is 1.76.